The lowest BCUT2D eigenvalue weighted by atomic mass is 9.96. The molecule has 0 aromatic carbocycles. The third kappa shape index (κ3) is 33.1. The molecule has 0 bridgehead atoms. The molecule has 0 N–H and O–H groups in total. The first-order valence-corrected chi connectivity index (χ1v) is 8.95. The van der Waals surface area contributed by atoms with E-state index in [4.69, 9.17) is 0 Å². The van der Waals surface area contributed by atoms with Crippen LogP contribution in [-0.4, -0.2) is 0 Å². The van der Waals surface area contributed by atoms with Gasteiger partial charge in [0, 0.05) is 0 Å². The minimum absolute atomic E-state index is 0. The molecule has 0 radical (unpaired) electrons. The van der Waals surface area contributed by atoms with Crippen LogP contribution in [-0.2, 0) is 0 Å². The van der Waals surface area contributed by atoms with E-state index in [2.05, 4.69) is 83.1 Å². The number of rotatable bonds is 5. The Labute approximate surface area is 139 Å². The van der Waals surface area contributed by atoms with E-state index in [1.54, 1.807) is 0 Å². The van der Waals surface area contributed by atoms with Crippen LogP contribution >= 0.6 is 0 Å². The van der Waals surface area contributed by atoms with Crippen molar-refractivity contribution in [2.75, 3.05) is 0 Å². The van der Waals surface area contributed by atoms with Gasteiger partial charge in [0.1, 0.15) is 0 Å². The normalized spacial score (nSPS) is 11.9. The molecule has 0 fully saturated rings. The Balaban J connectivity index is -0.000000101. The van der Waals surface area contributed by atoms with E-state index in [9.17, 15) is 0 Å². The van der Waals surface area contributed by atoms with Crippen molar-refractivity contribution in [3.8, 4) is 0 Å². The summed E-state index contributed by atoms with van der Waals surface area (Å²) < 4.78 is 0. The van der Waals surface area contributed by atoms with Crippen LogP contribution in [0.3, 0.4) is 0 Å². The monoisotopic (exact) mass is 302 g/mol. The highest BCUT2D eigenvalue weighted by Gasteiger charge is 2.01. The van der Waals surface area contributed by atoms with Gasteiger partial charge in [-0.3, -0.25) is 0 Å². The smallest absolute Gasteiger partial charge is 0.0422 e. The van der Waals surface area contributed by atoms with Crippen molar-refractivity contribution in [2.45, 2.75) is 103 Å². The van der Waals surface area contributed by atoms with Gasteiger partial charge in [-0.1, -0.05) is 96.9 Å². The van der Waals surface area contributed by atoms with E-state index >= 15 is 0 Å². The molecule has 1 atom stereocenters. The van der Waals surface area contributed by atoms with Crippen LogP contribution in [0.25, 0.3) is 0 Å². The van der Waals surface area contributed by atoms with E-state index in [-0.39, 0.29) is 7.43 Å². The molecule has 0 amide bonds. The molecule has 21 heavy (non-hydrogen) atoms. The average molecular weight is 303 g/mol. The highest BCUT2D eigenvalue weighted by atomic mass is 14.1. The quantitative estimate of drug-likeness (QED) is 0.479. The lowest BCUT2D eigenvalue weighted by molar-refractivity contribution is 0.407. The summed E-state index contributed by atoms with van der Waals surface area (Å²) in [5, 5.41) is 0. The molecule has 0 nitrogen and oxygen atoms in total. The standard InChI is InChI=1S/2C7H16.C6H14.CH4/c1-6(2)5-7(3)4;1-5-7(4)6(2)3;1-5(2)6(3)4;/h2*6-7H,5H2,1-4H3;5-6H,1-4H3;1H4. The second kappa shape index (κ2) is 18.1. The van der Waals surface area contributed by atoms with Crippen molar-refractivity contribution >= 4 is 0 Å². The molecule has 0 heteroatoms. The summed E-state index contributed by atoms with van der Waals surface area (Å²) in [6.45, 7) is 27.1. The molecular formula is C21H50. The second-order valence-corrected chi connectivity index (χ2v) is 8.14. The Morgan fingerprint density at radius 1 is 0.524 bits per heavy atom. The minimum Gasteiger partial charge on any atom is -0.0776 e. The summed E-state index contributed by atoms with van der Waals surface area (Å²) in [6.07, 6.45) is 2.68. The Morgan fingerprint density at radius 3 is 0.810 bits per heavy atom. The van der Waals surface area contributed by atoms with Gasteiger partial charge < -0.3 is 0 Å². The SMILES string of the molecule is C.CC(C)C(C)C.CC(C)CC(C)C.CCC(C)C(C)C. The maximum Gasteiger partial charge on any atom is -0.0422 e. The van der Waals surface area contributed by atoms with Crippen LogP contribution in [0.15, 0.2) is 0 Å². The molecule has 0 heterocycles. The van der Waals surface area contributed by atoms with E-state index in [1.165, 1.54) is 12.8 Å². The average Bonchev–Trinajstić information content (AvgIpc) is 2.27. The van der Waals surface area contributed by atoms with Gasteiger partial charge >= 0.3 is 0 Å². The summed E-state index contributed by atoms with van der Waals surface area (Å²) in [6, 6.07) is 0. The fourth-order valence-corrected chi connectivity index (χ4v) is 1.41. The van der Waals surface area contributed by atoms with Crippen molar-refractivity contribution in [2.24, 2.45) is 35.5 Å². The fraction of sp³-hybridized carbons (Fsp3) is 1.00. The Bertz CT molecular complexity index is 151. The van der Waals surface area contributed by atoms with Gasteiger partial charge in [-0.15, -0.1) is 0 Å². The Kier molecular flexibility index (Phi) is 25.0. The van der Waals surface area contributed by atoms with Crippen molar-refractivity contribution in [1.82, 2.24) is 0 Å². The molecule has 0 aliphatic rings. The molecule has 1 unspecified atom stereocenters. The maximum absolute atomic E-state index is 2.30. The summed E-state index contributed by atoms with van der Waals surface area (Å²) in [5.74, 6) is 5.22. The third-order valence-corrected chi connectivity index (χ3v) is 4.06. The van der Waals surface area contributed by atoms with Gasteiger partial charge in [0.25, 0.3) is 0 Å². The lowest BCUT2D eigenvalue weighted by Gasteiger charge is -2.10. The molecule has 0 rings (SSSR count). The van der Waals surface area contributed by atoms with Gasteiger partial charge in [-0.05, 0) is 41.9 Å². The molecule has 0 aliphatic carbocycles. The zero-order chi connectivity index (χ0) is 16.9. The van der Waals surface area contributed by atoms with E-state index in [0.717, 1.165) is 35.5 Å². The van der Waals surface area contributed by atoms with E-state index in [1.807, 2.05) is 0 Å². The van der Waals surface area contributed by atoms with Crippen molar-refractivity contribution < 1.29 is 0 Å². The van der Waals surface area contributed by atoms with Crippen LogP contribution in [0, 0.1) is 35.5 Å². The zero-order valence-electron chi connectivity index (χ0n) is 16.9. The van der Waals surface area contributed by atoms with Gasteiger partial charge in [0.15, 0.2) is 0 Å². The summed E-state index contributed by atoms with van der Waals surface area (Å²) in [4.78, 5) is 0. The lowest BCUT2D eigenvalue weighted by Crippen LogP contribution is -2.00. The van der Waals surface area contributed by atoms with Crippen molar-refractivity contribution in [3.05, 3.63) is 0 Å². The van der Waals surface area contributed by atoms with Crippen LogP contribution < -0.4 is 0 Å². The minimum atomic E-state index is 0. The highest BCUT2D eigenvalue weighted by Crippen LogP contribution is 2.11. The molecule has 0 aromatic rings. The first-order valence-electron chi connectivity index (χ1n) is 8.95. The topological polar surface area (TPSA) is 0 Å². The fourth-order valence-electron chi connectivity index (χ4n) is 1.41. The predicted molar refractivity (Wildman–Crippen MR) is 105 cm³/mol. The maximum atomic E-state index is 2.30. The molecule has 0 saturated heterocycles. The molecule has 0 saturated carbocycles. The number of hydrogen-bond donors (Lipinski definition) is 0. The molecule has 134 valence electrons. The van der Waals surface area contributed by atoms with Crippen LogP contribution in [0.1, 0.15) is 103 Å². The number of hydrogen-bond acceptors (Lipinski definition) is 0. The summed E-state index contributed by atoms with van der Waals surface area (Å²) in [5.41, 5.74) is 0. The molecular weight excluding hydrogens is 252 g/mol. The first kappa shape index (κ1) is 29.1. The molecule has 0 spiro atoms. The highest BCUT2D eigenvalue weighted by molar-refractivity contribution is 4.52. The zero-order valence-corrected chi connectivity index (χ0v) is 16.9. The first-order chi connectivity index (χ1) is 8.95. The van der Waals surface area contributed by atoms with Crippen LogP contribution in [0.5, 0.6) is 0 Å². The van der Waals surface area contributed by atoms with Crippen LogP contribution in [0.4, 0.5) is 0 Å². The van der Waals surface area contributed by atoms with Gasteiger partial charge in [-0.25, -0.2) is 0 Å². The third-order valence-electron chi connectivity index (χ3n) is 4.06. The second-order valence-electron chi connectivity index (χ2n) is 8.14. The van der Waals surface area contributed by atoms with E-state index in [0.29, 0.717) is 0 Å². The van der Waals surface area contributed by atoms with Crippen molar-refractivity contribution in [3.63, 3.8) is 0 Å². The Morgan fingerprint density at radius 2 is 0.810 bits per heavy atom. The molecule has 0 aromatic heterocycles. The summed E-state index contributed by atoms with van der Waals surface area (Å²) in [7, 11) is 0. The van der Waals surface area contributed by atoms with Gasteiger partial charge in [0.05, 0.1) is 0 Å². The summed E-state index contributed by atoms with van der Waals surface area (Å²) >= 11 is 0. The van der Waals surface area contributed by atoms with E-state index < -0.39 is 0 Å². The van der Waals surface area contributed by atoms with Crippen molar-refractivity contribution in [1.29, 1.82) is 0 Å². The molecule has 0 aliphatic heterocycles. The van der Waals surface area contributed by atoms with Crippen LogP contribution in [0.2, 0.25) is 0 Å². The Hall–Kier alpha value is 0. The van der Waals surface area contributed by atoms with Gasteiger partial charge in [-0.2, -0.15) is 0 Å². The largest absolute Gasteiger partial charge is 0.0776 e. The van der Waals surface area contributed by atoms with Gasteiger partial charge in [0.2, 0.25) is 0 Å². The predicted octanol–water partition coefficient (Wildman–Crippen LogP) is 8.31.